The van der Waals surface area contributed by atoms with Crippen molar-refractivity contribution in [3.05, 3.63) is 356 Å². The van der Waals surface area contributed by atoms with Gasteiger partial charge in [-0.15, -0.1) is 0 Å². The predicted molar refractivity (Wildman–Crippen MR) is 331 cm³/mol. The zero-order valence-corrected chi connectivity index (χ0v) is 45.4. The van der Waals surface area contributed by atoms with E-state index < -0.39 is 5.41 Å². The van der Waals surface area contributed by atoms with Crippen LogP contribution >= 0.6 is 0 Å². The Bertz CT molecular complexity index is 4550. The van der Waals surface area contributed by atoms with Gasteiger partial charge in [0.1, 0.15) is 11.5 Å². The molecule has 2 atom stereocenters. The molecule has 1 heterocycles. The summed E-state index contributed by atoms with van der Waals surface area (Å²) in [6.07, 6.45) is 1.83. The van der Waals surface area contributed by atoms with Crippen LogP contribution in [0.3, 0.4) is 0 Å². The van der Waals surface area contributed by atoms with Crippen molar-refractivity contribution in [2.75, 3.05) is 0 Å². The van der Waals surface area contributed by atoms with Crippen LogP contribution in [0.25, 0.3) is 55.6 Å². The number of hydrogen-bond donors (Lipinski definition) is 0. The highest BCUT2D eigenvalue weighted by atomic mass is 16.5. The monoisotopic (exact) mass is 1030 g/mol. The van der Waals surface area contributed by atoms with Crippen LogP contribution in [0.5, 0.6) is 11.5 Å². The van der Waals surface area contributed by atoms with E-state index in [0.29, 0.717) is 0 Å². The number of ether oxygens (including phenoxy) is 1. The Morgan fingerprint density at radius 3 is 1.62 bits per heavy atom. The molecule has 0 saturated carbocycles. The number of fused-ring (bicyclic) bond motifs is 18. The van der Waals surface area contributed by atoms with Gasteiger partial charge < -0.3 is 4.74 Å². The van der Waals surface area contributed by atoms with Crippen LogP contribution in [0.15, 0.2) is 267 Å². The third kappa shape index (κ3) is 6.55. The van der Waals surface area contributed by atoms with Crippen LogP contribution in [0, 0.1) is 0 Å². The SMILES string of the molecule is CC1(C)c2ccccc2-c2c(C(c3cc(-c4ccccc4)c4c(c3)-c3ccccc3C4)c3cccc4c3Oc3cccc(C(c5ccccc5)c5ccc6c(c5)Cc5ccccc5-6)c3C43c4ccccc4-c4ccccc43)cccc21. The molecule has 0 fully saturated rings. The summed E-state index contributed by atoms with van der Waals surface area (Å²) in [6.45, 7) is 4.81. The second kappa shape index (κ2) is 17.5. The highest BCUT2D eigenvalue weighted by molar-refractivity contribution is 5.92. The smallest absolute Gasteiger partial charge is 0.136 e. The summed E-state index contributed by atoms with van der Waals surface area (Å²) in [5.74, 6) is 1.48. The predicted octanol–water partition coefficient (Wildman–Crippen LogP) is 19.6. The maximum absolute atomic E-state index is 8.02. The molecule has 0 amide bonds. The maximum Gasteiger partial charge on any atom is 0.136 e. The van der Waals surface area contributed by atoms with Crippen molar-refractivity contribution in [1.82, 2.24) is 0 Å². The van der Waals surface area contributed by atoms with E-state index in [2.05, 4.69) is 281 Å². The van der Waals surface area contributed by atoms with Crippen molar-refractivity contribution in [1.29, 1.82) is 0 Å². The van der Waals surface area contributed by atoms with Crippen molar-refractivity contribution < 1.29 is 4.74 Å². The Morgan fingerprint density at radius 1 is 0.333 bits per heavy atom. The molecule has 12 aromatic rings. The van der Waals surface area contributed by atoms with Crippen molar-refractivity contribution in [2.24, 2.45) is 0 Å². The summed E-state index contributed by atoms with van der Waals surface area (Å²) in [5.41, 5.74) is 32.8. The minimum Gasteiger partial charge on any atom is -0.456 e. The van der Waals surface area contributed by atoms with E-state index in [0.717, 1.165) is 29.9 Å². The normalized spacial score (nSPS) is 15.1. The molecule has 0 bridgehead atoms. The topological polar surface area (TPSA) is 9.23 Å². The molecule has 0 saturated heterocycles. The lowest BCUT2D eigenvalue weighted by atomic mass is 9.62. The Labute approximate surface area is 474 Å². The first kappa shape index (κ1) is 46.4. The van der Waals surface area contributed by atoms with E-state index in [9.17, 15) is 0 Å². The molecule has 17 rings (SSSR count). The first-order chi connectivity index (χ1) is 39.9. The number of rotatable bonds is 7. The number of hydrogen-bond acceptors (Lipinski definition) is 1. The van der Waals surface area contributed by atoms with Gasteiger partial charge >= 0.3 is 0 Å². The minimum atomic E-state index is -0.757. The molecule has 0 aromatic heterocycles. The molecule has 0 radical (unpaired) electrons. The molecule has 81 heavy (non-hydrogen) atoms. The summed E-state index contributed by atoms with van der Waals surface area (Å²) in [4.78, 5) is 0. The van der Waals surface area contributed by atoms with Gasteiger partial charge in [0.25, 0.3) is 0 Å². The lowest BCUT2D eigenvalue weighted by Crippen LogP contribution is -2.34. The van der Waals surface area contributed by atoms with E-state index in [4.69, 9.17) is 4.74 Å². The maximum atomic E-state index is 8.02. The number of para-hydroxylation sites is 1. The molecule has 2 unspecified atom stereocenters. The summed E-state index contributed by atoms with van der Waals surface area (Å²) in [5, 5.41) is 0. The van der Waals surface area contributed by atoms with Gasteiger partial charge in [-0.05, 0) is 159 Å². The average molecular weight is 1030 g/mol. The molecule has 1 aliphatic heterocycles. The summed E-state index contributed by atoms with van der Waals surface area (Å²) >= 11 is 0. The second-order valence-corrected chi connectivity index (χ2v) is 23.6. The number of benzene rings is 12. The van der Waals surface area contributed by atoms with Gasteiger partial charge in [-0.1, -0.05) is 263 Å². The fourth-order valence-corrected chi connectivity index (χ4v) is 15.9. The molecule has 1 heteroatoms. The van der Waals surface area contributed by atoms with E-state index in [1.165, 1.54) is 139 Å². The first-order valence-electron chi connectivity index (χ1n) is 28.9. The molecule has 4 aliphatic carbocycles. The van der Waals surface area contributed by atoms with Crippen LogP contribution in [-0.2, 0) is 23.7 Å². The molecular weight excluding hydrogens is 977 g/mol. The molecule has 12 aromatic carbocycles. The van der Waals surface area contributed by atoms with Gasteiger partial charge in [-0.3, -0.25) is 0 Å². The Morgan fingerprint density at radius 2 is 0.877 bits per heavy atom. The van der Waals surface area contributed by atoms with Crippen molar-refractivity contribution >= 4 is 0 Å². The lowest BCUT2D eigenvalue weighted by Gasteiger charge is -2.43. The van der Waals surface area contributed by atoms with Crippen LogP contribution in [0.4, 0.5) is 0 Å². The Hall–Kier alpha value is -9.56. The van der Waals surface area contributed by atoms with Crippen molar-refractivity contribution in [3.8, 4) is 67.1 Å². The fraction of sp³-hybridized carbons (Fsp3) is 0.100. The molecular formula is C80H56O. The van der Waals surface area contributed by atoms with E-state index >= 15 is 0 Å². The van der Waals surface area contributed by atoms with Crippen molar-refractivity contribution in [3.63, 3.8) is 0 Å². The third-order valence-electron chi connectivity index (χ3n) is 19.3. The molecule has 1 spiro atoms. The van der Waals surface area contributed by atoms with Crippen molar-refractivity contribution in [2.45, 2.75) is 49.4 Å². The van der Waals surface area contributed by atoms with Gasteiger partial charge in [0.15, 0.2) is 0 Å². The molecule has 0 N–H and O–H groups in total. The second-order valence-electron chi connectivity index (χ2n) is 23.6. The standard InChI is InChI=1S/C80H56O/c1-79(2)68-36-16-15-32-61(68)76-62(33-19-39-71(76)79)75(55-47-65(49-22-5-3-6-23-49)67-46-52-27-10-12-29-57(52)66(67)48-55)64-35-20-40-72-78(64)81-73-41-21-34-63(77(73)80(72)69-37-17-13-30-59(69)60-31-14-18-38-70(60)80)74(50-24-7-4-8-25-50)53-42-43-58-54(45-53)44-51-26-9-11-28-56(51)58/h3-43,45,47-48,74-75H,44,46H2,1-2H3. The van der Waals surface area contributed by atoms with Gasteiger partial charge in [-0.25, -0.2) is 0 Å². The summed E-state index contributed by atoms with van der Waals surface area (Å²) in [7, 11) is 0. The molecule has 382 valence electrons. The third-order valence-corrected chi connectivity index (χ3v) is 19.3. The van der Waals surface area contributed by atoms with Crippen LogP contribution in [0.2, 0.25) is 0 Å². The van der Waals surface area contributed by atoms with E-state index in [1.807, 2.05) is 0 Å². The first-order valence-corrected chi connectivity index (χ1v) is 28.9. The summed E-state index contributed by atoms with van der Waals surface area (Å²) in [6, 6.07) is 101. The average Bonchev–Trinajstić information content (AvgIpc) is 3.09. The van der Waals surface area contributed by atoms with E-state index in [-0.39, 0.29) is 17.3 Å². The highest BCUT2D eigenvalue weighted by Crippen LogP contribution is 2.66. The zero-order valence-electron chi connectivity index (χ0n) is 45.4. The van der Waals surface area contributed by atoms with Crippen LogP contribution < -0.4 is 4.74 Å². The quantitative estimate of drug-likeness (QED) is 0.145. The summed E-state index contributed by atoms with van der Waals surface area (Å²) < 4.78 is 8.02. The largest absolute Gasteiger partial charge is 0.456 e. The van der Waals surface area contributed by atoms with Crippen LogP contribution in [-0.4, -0.2) is 0 Å². The van der Waals surface area contributed by atoms with Crippen LogP contribution in [0.1, 0.15) is 115 Å². The van der Waals surface area contributed by atoms with Gasteiger partial charge in [0.05, 0.1) is 5.41 Å². The molecule has 5 aliphatic rings. The molecule has 1 nitrogen and oxygen atoms in total. The zero-order chi connectivity index (χ0) is 53.6. The fourth-order valence-electron chi connectivity index (χ4n) is 15.9. The van der Waals surface area contributed by atoms with Gasteiger partial charge in [0.2, 0.25) is 0 Å². The Kier molecular flexibility index (Phi) is 10.00. The Balaban J connectivity index is 0.967. The lowest BCUT2D eigenvalue weighted by molar-refractivity contribution is 0.428. The van der Waals surface area contributed by atoms with E-state index in [1.54, 1.807) is 0 Å². The minimum absolute atomic E-state index is 0.103. The highest BCUT2D eigenvalue weighted by Gasteiger charge is 2.54. The van der Waals surface area contributed by atoms with Gasteiger partial charge in [-0.2, -0.15) is 0 Å². The van der Waals surface area contributed by atoms with Gasteiger partial charge in [0, 0.05) is 33.9 Å².